The van der Waals surface area contributed by atoms with Crippen LogP contribution < -0.4 is 0 Å². The van der Waals surface area contributed by atoms with Crippen molar-refractivity contribution in [1.82, 2.24) is 4.90 Å². The van der Waals surface area contributed by atoms with Crippen molar-refractivity contribution in [3.63, 3.8) is 0 Å². The maximum Gasteiger partial charge on any atom is 0.410 e. The van der Waals surface area contributed by atoms with Gasteiger partial charge in [-0.25, -0.2) is 9.18 Å². The minimum Gasteiger partial charge on any atom is -0.444 e. The van der Waals surface area contributed by atoms with Crippen LogP contribution >= 0.6 is 0 Å². The van der Waals surface area contributed by atoms with Gasteiger partial charge in [0.15, 0.2) is 6.17 Å². The Morgan fingerprint density at radius 1 is 1.62 bits per heavy atom. The number of rotatable bonds is 0. The molecule has 92 valence electrons. The first kappa shape index (κ1) is 12.7. The summed E-state index contributed by atoms with van der Waals surface area (Å²) in [6, 6.07) is 0. The summed E-state index contributed by atoms with van der Waals surface area (Å²) in [4.78, 5) is 12.9. The van der Waals surface area contributed by atoms with E-state index in [9.17, 15) is 9.18 Å². The van der Waals surface area contributed by atoms with E-state index in [2.05, 4.69) is 5.16 Å². The molecule has 1 fully saturated rings. The molecule has 6 heteroatoms. The molecule has 0 spiro atoms. The predicted molar refractivity (Wildman–Crippen MR) is 56.5 cm³/mol. The lowest BCUT2D eigenvalue weighted by molar-refractivity contribution is 0.0209. The molecule has 1 atom stereocenters. The van der Waals surface area contributed by atoms with Crippen LogP contribution in [0.5, 0.6) is 0 Å². The number of ether oxygens (including phenoxy) is 1. The predicted octanol–water partition coefficient (Wildman–Crippen LogP) is 1.80. The zero-order valence-electron chi connectivity index (χ0n) is 9.73. The van der Waals surface area contributed by atoms with Gasteiger partial charge >= 0.3 is 6.09 Å². The molecule has 16 heavy (non-hydrogen) atoms. The number of carbonyl (C=O) groups is 1. The quantitative estimate of drug-likeness (QED) is 0.511. The summed E-state index contributed by atoms with van der Waals surface area (Å²) in [5, 5.41) is 11.3. The SMILES string of the molecule is CC(C)(C)OC(=O)N1CCC(=NO)C(F)C1. The van der Waals surface area contributed by atoms with E-state index in [1.165, 1.54) is 4.90 Å². The van der Waals surface area contributed by atoms with Crippen molar-refractivity contribution in [3.8, 4) is 0 Å². The van der Waals surface area contributed by atoms with Crippen molar-refractivity contribution >= 4 is 11.8 Å². The highest BCUT2D eigenvalue weighted by Gasteiger charge is 2.31. The second kappa shape index (κ2) is 4.67. The van der Waals surface area contributed by atoms with Gasteiger partial charge < -0.3 is 14.8 Å². The molecule has 0 aromatic rings. The van der Waals surface area contributed by atoms with Gasteiger partial charge in [0.2, 0.25) is 0 Å². The summed E-state index contributed by atoms with van der Waals surface area (Å²) in [7, 11) is 0. The zero-order valence-corrected chi connectivity index (χ0v) is 9.73. The fourth-order valence-electron chi connectivity index (χ4n) is 1.40. The molecule has 1 amide bonds. The Hall–Kier alpha value is -1.33. The number of oxime groups is 1. The number of piperidine rings is 1. The van der Waals surface area contributed by atoms with Gasteiger partial charge in [-0.2, -0.15) is 0 Å². The van der Waals surface area contributed by atoms with Crippen LogP contribution in [0.15, 0.2) is 5.16 Å². The van der Waals surface area contributed by atoms with E-state index in [-0.39, 0.29) is 18.7 Å². The van der Waals surface area contributed by atoms with E-state index in [1.54, 1.807) is 20.8 Å². The summed E-state index contributed by atoms with van der Waals surface area (Å²) in [5.74, 6) is 0. The van der Waals surface area contributed by atoms with Gasteiger partial charge in [0.25, 0.3) is 0 Å². The largest absolute Gasteiger partial charge is 0.444 e. The van der Waals surface area contributed by atoms with E-state index in [0.29, 0.717) is 6.54 Å². The lowest BCUT2D eigenvalue weighted by Gasteiger charge is -2.31. The van der Waals surface area contributed by atoms with Crippen LogP contribution in [0.25, 0.3) is 0 Å². The van der Waals surface area contributed by atoms with E-state index in [0.717, 1.165) is 0 Å². The Kier molecular flexibility index (Phi) is 3.72. The summed E-state index contributed by atoms with van der Waals surface area (Å²) >= 11 is 0. The van der Waals surface area contributed by atoms with Crippen molar-refractivity contribution in [3.05, 3.63) is 0 Å². The molecule has 0 saturated carbocycles. The lowest BCUT2D eigenvalue weighted by atomic mass is 10.1. The molecule has 1 aliphatic heterocycles. The number of amides is 1. The van der Waals surface area contributed by atoms with Gasteiger partial charge in [-0.05, 0) is 20.8 Å². The maximum absolute atomic E-state index is 13.4. The number of hydrogen-bond donors (Lipinski definition) is 1. The topological polar surface area (TPSA) is 62.1 Å². The molecule has 1 heterocycles. The summed E-state index contributed by atoms with van der Waals surface area (Å²) in [6.07, 6.45) is -1.71. The number of likely N-dealkylation sites (tertiary alicyclic amines) is 1. The van der Waals surface area contributed by atoms with Gasteiger partial charge in [-0.3, -0.25) is 0 Å². The third-order valence-electron chi connectivity index (χ3n) is 2.16. The molecule has 0 bridgehead atoms. The number of alkyl halides is 1. The average molecular weight is 232 g/mol. The number of nitrogens with zero attached hydrogens (tertiary/aromatic N) is 2. The van der Waals surface area contributed by atoms with Gasteiger partial charge in [0, 0.05) is 13.0 Å². The first-order chi connectivity index (χ1) is 7.33. The lowest BCUT2D eigenvalue weighted by Crippen LogP contribution is -2.47. The van der Waals surface area contributed by atoms with Gasteiger partial charge in [0.1, 0.15) is 5.60 Å². The van der Waals surface area contributed by atoms with Crippen LogP contribution in [0, 0.1) is 0 Å². The molecule has 0 aromatic heterocycles. The molecule has 0 radical (unpaired) electrons. The third kappa shape index (κ3) is 3.36. The molecule has 5 nitrogen and oxygen atoms in total. The van der Waals surface area contributed by atoms with Crippen LogP contribution in [0.4, 0.5) is 9.18 Å². The Balaban J connectivity index is 2.55. The average Bonchev–Trinajstić information content (AvgIpc) is 2.15. The van der Waals surface area contributed by atoms with Crippen LogP contribution in [0.2, 0.25) is 0 Å². The number of carbonyl (C=O) groups excluding carboxylic acids is 1. The van der Waals surface area contributed by atoms with Crippen molar-refractivity contribution in [1.29, 1.82) is 0 Å². The minimum atomic E-state index is -1.41. The molecule has 1 unspecified atom stereocenters. The Labute approximate surface area is 93.9 Å². The first-order valence-corrected chi connectivity index (χ1v) is 5.16. The molecule has 0 aliphatic carbocycles. The van der Waals surface area contributed by atoms with E-state index in [1.807, 2.05) is 0 Å². The van der Waals surface area contributed by atoms with Crippen LogP contribution in [0.1, 0.15) is 27.2 Å². The molecule has 1 rings (SSSR count). The fourth-order valence-corrected chi connectivity index (χ4v) is 1.40. The van der Waals surface area contributed by atoms with Crippen molar-refractivity contribution in [2.75, 3.05) is 13.1 Å². The second-order valence-corrected chi connectivity index (χ2v) is 4.74. The minimum absolute atomic E-state index is 0.0832. The first-order valence-electron chi connectivity index (χ1n) is 5.16. The monoisotopic (exact) mass is 232 g/mol. The molecule has 1 N–H and O–H groups in total. The Morgan fingerprint density at radius 2 is 2.25 bits per heavy atom. The summed E-state index contributed by atoms with van der Waals surface area (Å²) in [6.45, 7) is 5.45. The van der Waals surface area contributed by atoms with Crippen LogP contribution in [-0.4, -0.2) is 46.8 Å². The smallest absolute Gasteiger partial charge is 0.410 e. The van der Waals surface area contributed by atoms with Crippen LogP contribution in [0.3, 0.4) is 0 Å². The highest BCUT2D eigenvalue weighted by Crippen LogP contribution is 2.15. The van der Waals surface area contributed by atoms with Gasteiger partial charge in [-0.15, -0.1) is 0 Å². The van der Waals surface area contributed by atoms with E-state index >= 15 is 0 Å². The molecular weight excluding hydrogens is 215 g/mol. The van der Waals surface area contributed by atoms with Crippen molar-refractivity contribution in [2.45, 2.75) is 39.0 Å². The van der Waals surface area contributed by atoms with E-state index in [4.69, 9.17) is 9.94 Å². The van der Waals surface area contributed by atoms with Crippen molar-refractivity contribution in [2.24, 2.45) is 5.16 Å². The molecular formula is C10H17FN2O3. The summed E-state index contributed by atoms with van der Waals surface area (Å²) < 4.78 is 18.5. The Bertz CT molecular complexity index is 299. The number of hydrogen-bond acceptors (Lipinski definition) is 4. The normalized spacial score (nSPS) is 24.6. The second-order valence-electron chi connectivity index (χ2n) is 4.74. The third-order valence-corrected chi connectivity index (χ3v) is 2.16. The number of halogens is 1. The highest BCUT2D eigenvalue weighted by molar-refractivity contribution is 5.90. The van der Waals surface area contributed by atoms with Crippen molar-refractivity contribution < 1.29 is 19.1 Å². The maximum atomic E-state index is 13.4. The zero-order chi connectivity index (χ0) is 12.3. The standard InChI is InChI=1S/C10H17FN2O3/c1-10(2,3)16-9(14)13-5-4-8(12-15)7(11)6-13/h7,15H,4-6H2,1-3H3. The van der Waals surface area contributed by atoms with Gasteiger partial charge in [0.05, 0.1) is 12.3 Å². The summed E-state index contributed by atoms with van der Waals surface area (Å²) in [5.41, 5.74) is -0.506. The molecule has 1 aliphatic rings. The van der Waals surface area contributed by atoms with Gasteiger partial charge in [-0.1, -0.05) is 5.16 Å². The van der Waals surface area contributed by atoms with E-state index < -0.39 is 17.9 Å². The molecule has 0 aromatic carbocycles. The molecule has 1 saturated heterocycles. The Morgan fingerprint density at radius 3 is 2.69 bits per heavy atom. The highest BCUT2D eigenvalue weighted by atomic mass is 19.1. The fraction of sp³-hybridized carbons (Fsp3) is 0.800. The van der Waals surface area contributed by atoms with Crippen LogP contribution in [-0.2, 0) is 4.74 Å².